The second-order valence-electron chi connectivity index (χ2n) is 5.31. The van der Waals surface area contributed by atoms with Crippen LogP contribution in [0.2, 0.25) is 0 Å². The molecule has 1 aliphatic carbocycles. The van der Waals surface area contributed by atoms with E-state index in [4.69, 9.17) is 0 Å². The predicted molar refractivity (Wildman–Crippen MR) is 78.3 cm³/mol. The third kappa shape index (κ3) is 4.58. The fourth-order valence-corrected chi connectivity index (χ4v) is 3.23. The molecule has 1 unspecified atom stereocenters. The van der Waals surface area contributed by atoms with Crippen LogP contribution < -0.4 is 10.6 Å². The van der Waals surface area contributed by atoms with E-state index in [2.05, 4.69) is 15.6 Å². The van der Waals surface area contributed by atoms with Crippen molar-refractivity contribution in [2.45, 2.75) is 58.0 Å². The number of nitrogens with zero attached hydrogens (tertiary/aromatic N) is 1. The Balaban J connectivity index is 1.70. The van der Waals surface area contributed by atoms with Crippen molar-refractivity contribution < 1.29 is 4.79 Å². The first-order chi connectivity index (χ1) is 9.15. The van der Waals surface area contributed by atoms with Gasteiger partial charge < -0.3 is 5.32 Å². The van der Waals surface area contributed by atoms with Gasteiger partial charge in [-0.15, -0.1) is 11.3 Å². The van der Waals surface area contributed by atoms with Gasteiger partial charge in [0.05, 0.1) is 12.6 Å². The molecule has 1 aromatic heterocycles. The quantitative estimate of drug-likeness (QED) is 0.872. The van der Waals surface area contributed by atoms with E-state index >= 15 is 0 Å². The molecule has 19 heavy (non-hydrogen) atoms. The van der Waals surface area contributed by atoms with Gasteiger partial charge in [-0.05, 0) is 26.7 Å². The van der Waals surface area contributed by atoms with Gasteiger partial charge in [0, 0.05) is 17.1 Å². The molecule has 0 aromatic carbocycles. The number of carbonyl (C=O) groups is 1. The molecule has 5 heteroatoms. The van der Waals surface area contributed by atoms with Gasteiger partial charge in [0.2, 0.25) is 5.91 Å². The summed E-state index contributed by atoms with van der Waals surface area (Å²) in [6, 6.07) is 0.524. The Hall–Kier alpha value is -0.940. The van der Waals surface area contributed by atoms with Gasteiger partial charge >= 0.3 is 0 Å². The average molecular weight is 281 g/mol. The Bertz CT molecular complexity index is 413. The van der Waals surface area contributed by atoms with Gasteiger partial charge in [0.15, 0.2) is 0 Å². The summed E-state index contributed by atoms with van der Waals surface area (Å²) in [7, 11) is 0. The third-order valence-electron chi connectivity index (χ3n) is 3.55. The maximum atomic E-state index is 11.9. The molecule has 0 aliphatic heterocycles. The molecule has 1 saturated carbocycles. The van der Waals surface area contributed by atoms with Crippen LogP contribution in [0.3, 0.4) is 0 Å². The Kier molecular flexibility index (Phi) is 5.34. The molecule has 0 spiro atoms. The molecule has 2 N–H and O–H groups in total. The standard InChI is InChI=1S/C14H23N3OS/c1-10-8-16-14(19-10)11(2)15-9-13(18)17-12-6-4-3-5-7-12/h8,11-12,15H,3-7,9H2,1-2H3,(H,17,18). The minimum absolute atomic E-state index is 0.104. The molecule has 4 nitrogen and oxygen atoms in total. The van der Waals surface area contributed by atoms with Crippen molar-refractivity contribution in [2.75, 3.05) is 6.54 Å². The number of aryl methyl sites for hydroxylation is 1. The number of carbonyl (C=O) groups excluding carboxylic acids is 1. The van der Waals surface area contributed by atoms with Gasteiger partial charge in [-0.3, -0.25) is 10.1 Å². The maximum absolute atomic E-state index is 11.9. The lowest BCUT2D eigenvalue weighted by molar-refractivity contribution is -0.121. The molecular weight excluding hydrogens is 258 g/mol. The molecule has 2 rings (SSSR count). The number of rotatable bonds is 5. The van der Waals surface area contributed by atoms with E-state index in [-0.39, 0.29) is 11.9 Å². The summed E-state index contributed by atoms with van der Waals surface area (Å²) in [6.07, 6.45) is 7.94. The zero-order valence-corrected chi connectivity index (χ0v) is 12.6. The van der Waals surface area contributed by atoms with Crippen LogP contribution in [0.5, 0.6) is 0 Å². The van der Waals surface area contributed by atoms with E-state index in [1.54, 1.807) is 11.3 Å². The minimum atomic E-state index is 0.104. The highest BCUT2D eigenvalue weighted by atomic mass is 32.1. The number of aromatic nitrogens is 1. The first-order valence-electron chi connectivity index (χ1n) is 7.10. The fraction of sp³-hybridized carbons (Fsp3) is 0.714. The molecule has 1 atom stereocenters. The van der Waals surface area contributed by atoms with Crippen LogP contribution in [-0.2, 0) is 4.79 Å². The van der Waals surface area contributed by atoms with Crippen molar-refractivity contribution >= 4 is 17.2 Å². The number of hydrogen-bond donors (Lipinski definition) is 2. The SMILES string of the molecule is Cc1cnc(C(C)NCC(=O)NC2CCCCC2)s1. The smallest absolute Gasteiger partial charge is 0.234 e. The minimum Gasteiger partial charge on any atom is -0.352 e. The van der Waals surface area contributed by atoms with Crippen LogP contribution in [0.15, 0.2) is 6.20 Å². The van der Waals surface area contributed by atoms with E-state index in [9.17, 15) is 4.79 Å². The summed E-state index contributed by atoms with van der Waals surface area (Å²) in [6.45, 7) is 4.46. The van der Waals surface area contributed by atoms with Crippen molar-refractivity contribution in [1.82, 2.24) is 15.6 Å². The van der Waals surface area contributed by atoms with Gasteiger partial charge in [-0.2, -0.15) is 0 Å². The Morgan fingerprint density at radius 3 is 2.84 bits per heavy atom. The van der Waals surface area contributed by atoms with Crippen LogP contribution in [0.1, 0.15) is 55.0 Å². The highest BCUT2D eigenvalue weighted by molar-refractivity contribution is 7.11. The molecule has 106 valence electrons. The van der Waals surface area contributed by atoms with Crippen LogP contribution in [-0.4, -0.2) is 23.5 Å². The van der Waals surface area contributed by atoms with Crippen molar-refractivity contribution in [1.29, 1.82) is 0 Å². The topological polar surface area (TPSA) is 54.0 Å². The van der Waals surface area contributed by atoms with Crippen molar-refractivity contribution in [2.24, 2.45) is 0 Å². The largest absolute Gasteiger partial charge is 0.352 e. The molecule has 1 aromatic rings. The van der Waals surface area contributed by atoms with Gasteiger partial charge in [-0.1, -0.05) is 19.3 Å². The zero-order valence-electron chi connectivity index (χ0n) is 11.7. The van der Waals surface area contributed by atoms with Crippen LogP contribution >= 0.6 is 11.3 Å². The maximum Gasteiger partial charge on any atom is 0.234 e. The molecule has 0 bridgehead atoms. The molecule has 1 heterocycles. The summed E-state index contributed by atoms with van der Waals surface area (Å²) in [5.74, 6) is 0.104. The van der Waals surface area contributed by atoms with Crippen LogP contribution in [0.4, 0.5) is 0 Å². The zero-order chi connectivity index (χ0) is 13.7. The molecule has 1 amide bonds. The third-order valence-corrected chi connectivity index (χ3v) is 4.64. The Labute approximate surface area is 119 Å². The summed E-state index contributed by atoms with van der Waals surface area (Å²) < 4.78 is 0. The summed E-state index contributed by atoms with van der Waals surface area (Å²) in [5, 5.41) is 7.39. The molecular formula is C14H23N3OS. The second-order valence-corrected chi connectivity index (χ2v) is 6.58. The second kappa shape index (κ2) is 7.01. The predicted octanol–water partition coefficient (Wildman–Crippen LogP) is 2.55. The van der Waals surface area contributed by atoms with E-state index < -0.39 is 0 Å². The highest BCUT2D eigenvalue weighted by Gasteiger charge is 2.16. The Morgan fingerprint density at radius 2 is 2.21 bits per heavy atom. The lowest BCUT2D eigenvalue weighted by Crippen LogP contribution is -2.41. The van der Waals surface area contributed by atoms with Crippen molar-refractivity contribution in [3.8, 4) is 0 Å². The molecule has 1 aliphatic rings. The first kappa shape index (κ1) is 14.5. The number of hydrogen-bond acceptors (Lipinski definition) is 4. The highest BCUT2D eigenvalue weighted by Crippen LogP contribution is 2.19. The van der Waals surface area contributed by atoms with E-state index in [1.165, 1.54) is 24.1 Å². The van der Waals surface area contributed by atoms with E-state index in [0.717, 1.165) is 17.8 Å². The van der Waals surface area contributed by atoms with Gasteiger partial charge in [0.25, 0.3) is 0 Å². The number of thiazole rings is 1. The van der Waals surface area contributed by atoms with Crippen molar-refractivity contribution in [3.63, 3.8) is 0 Å². The molecule has 0 radical (unpaired) electrons. The van der Waals surface area contributed by atoms with Gasteiger partial charge in [-0.25, -0.2) is 4.98 Å². The van der Waals surface area contributed by atoms with E-state index in [0.29, 0.717) is 12.6 Å². The summed E-state index contributed by atoms with van der Waals surface area (Å²) >= 11 is 1.68. The average Bonchev–Trinajstić information content (AvgIpc) is 2.84. The number of amides is 1. The monoisotopic (exact) mass is 281 g/mol. The summed E-state index contributed by atoms with van der Waals surface area (Å²) in [4.78, 5) is 17.4. The number of nitrogens with one attached hydrogen (secondary N) is 2. The van der Waals surface area contributed by atoms with Gasteiger partial charge in [0.1, 0.15) is 5.01 Å². The normalized spacial score (nSPS) is 18.2. The lowest BCUT2D eigenvalue weighted by Gasteiger charge is -2.23. The Morgan fingerprint density at radius 1 is 1.47 bits per heavy atom. The van der Waals surface area contributed by atoms with Crippen molar-refractivity contribution in [3.05, 3.63) is 16.1 Å². The lowest BCUT2D eigenvalue weighted by atomic mass is 9.95. The fourth-order valence-electron chi connectivity index (χ4n) is 2.43. The molecule has 1 fully saturated rings. The van der Waals surface area contributed by atoms with E-state index in [1.807, 2.05) is 20.0 Å². The van der Waals surface area contributed by atoms with Crippen LogP contribution in [0, 0.1) is 6.92 Å². The first-order valence-corrected chi connectivity index (χ1v) is 7.92. The molecule has 0 saturated heterocycles. The van der Waals surface area contributed by atoms with Crippen LogP contribution in [0.25, 0.3) is 0 Å². The summed E-state index contributed by atoms with van der Waals surface area (Å²) in [5.41, 5.74) is 0.